The fraction of sp³-hybridized carbons (Fsp3) is 0.680. The molecular formula is C25H37ClN4O2. The van der Waals surface area contributed by atoms with Crippen LogP contribution in [-0.4, -0.2) is 73.0 Å². The van der Waals surface area contributed by atoms with E-state index in [9.17, 15) is 9.59 Å². The van der Waals surface area contributed by atoms with Crippen molar-refractivity contribution in [3.05, 3.63) is 34.9 Å². The lowest BCUT2D eigenvalue weighted by Gasteiger charge is -2.46. The van der Waals surface area contributed by atoms with E-state index in [2.05, 4.69) is 55.4 Å². The van der Waals surface area contributed by atoms with Gasteiger partial charge in [-0.1, -0.05) is 51.4 Å². The molecule has 3 unspecified atom stereocenters. The predicted octanol–water partition coefficient (Wildman–Crippen LogP) is 2.73. The van der Waals surface area contributed by atoms with Gasteiger partial charge in [-0.2, -0.15) is 0 Å². The minimum absolute atomic E-state index is 0.0354. The summed E-state index contributed by atoms with van der Waals surface area (Å²) in [5.41, 5.74) is 0.461. The average molecular weight is 461 g/mol. The third-order valence-electron chi connectivity index (χ3n) is 8.14. The number of carbonyl (C=O) groups is 2. The van der Waals surface area contributed by atoms with Crippen LogP contribution in [0.4, 0.5) is 0 Å². The Balaban J connectivity index is 1.43. The number of rotatable bonds is 5. The van der Waals surface area contributed by atoms with Crippen molar-refractivity contribution in [2.75, 3.05) is 45.8 Å². The summed E-state index contributed by atoms with van der Waals surface area (Å²) in [5.74, 6) is 0.731. The Morgan fingerprint density at radius 3 is 2.28 bits per heavy atom. The van der Waals surface area contributed by atoms with Crippen molar-refractivity contribution in [1.82, 2.24) is 20.4 Å². The minimum Gasteiger partial charge on any atom is -0.340 e. The molecule has 3 atom stereocenters. The number of nitrogens with zero attached hydrogens (tertiary/aromatic N) is 2. The van der Waals surface area contributed by atoms with Crippen LogP contribution in [0.5, 0.6) is 0 Å². The van der Waals surface area contributed by atoms with E-state index in [1.165, 1.54) is 5.56 Å². The summed E-state index contributed by atoms with van der Waals surface area (Å²) < 4.78 is 0. The SMILES string of the molecule is CC1C(C)C1(NC(=O)CN1CCNCC1)C(=O)N1CCC(c2ccc(Cl)cc2)C(C)(C)C1. The average Bonchev–Trinajstić information content (AvgIpc) is 3.27. The number of piperazine rings is 1. The molecule has 6 nitrogen and oxygen atoms in total. The van der Waals surface area contributed by atoms with Gasteiger partial charge >= 0.3 is 0 Å². The van der Waals surface area contributed by atoms with E-state index in [4.69, 9.17) is 11.6 Å². The molecule has 1 aromatic rings. The second-order valence-electron chi connectivity index (χ2n) is 10.6. The van der Waals surface area contributed by atoms with E-state index in [-0.39, 0.29) is 29.1 Å². The Bertz CT molecular complexity index is 842. The van der Waals surface area contributed by atoms with E-state index in [1.807, 2.05) is 17.0 Å². The number of hydrogen-bond acceptors (Lipinski definition) is 4. The van der Waals surface area contributed by atoms with Gasteiger partial charge in [0.15, 0.2) is 0 Å². The van der Waals surface area contributed by atoms with E-state index >= 15 is 0 Å². The summed E-state index contributed by atoms with van der Waals surface area (Å²) in [6, 6.07) is 8.10. The molecule has 3 aliphatic rings. The lowest BCUT2D eigenvalue weighted by molar-refractivity contribution is -0.141. The number of likely N-dealkylation sites (tertiary alicyclic amines) is 1. The molecule has 0 spiro atoms. The van der Waals surface area contributed by atoms with Crippen molar-refractivity contribution in [3.63, 3.8) is 0 Å². The molecule has 2 heterocycles. The van der Waals surface area contributed by atoms with Gasteiger partial charge in [0.1, 0.15) is 5.54 Å². The zero-order valence-corrected chi connectivity index (χ0v) is 20.5. The quantitative estimate of drug-likeness (QED) is 0.709. The summed E-state index contributed by atoms with van der Waals surface area (Å²) in [5, 5.41) is 7.23. The van der Waals surface area contributed by atoms with Crippen LogP contribution in [-0.2, 0) is 9.59 Å². The first-order valence-corrected chi connectivity index (χ1v) is 12.3. The van der Waals surface area contributed by atoms with Gasteiger partial charge < -0.3 is 15.5 Å². The first kappa shape index (κ1) is 23.5. The standard InChI is InChI=1S/C25H37ClN4O2/c1-17-18(2)25(17,28-22(31)15-29-13-10-27-11-14-29)23(32)30-12-9-21(24(3,4)16-30)19-5-7-20(26)8-6-19/h5-8,17-18,21,27H,9-16H2,1-4H3,(H,28,31). The second-order valence-corrected chi connectivity index (χ2v) is 11.1. The minimum atomic E-state index is -0.756. The van der Waals surface area contributed by atoms with Crippen molar-refractivity contribution in [3.8, 4) is 0 Å². The van der Waals surface area contributed by atoms with E-state index in [0.717, 1.165) is 37.6 Å². The fourth-order valence-electron chi connectivity index (χ4n) is 5.89. The molecule has 2 amide bonds. The zero-order chi connectivity index (χ0) is 23.1. The highest BCUT2D eigenvalue weighted by molar-refractivity contribution is 6.30. The number of halogens is 1. The Labute approximate surface area is 197 Å². The first-order valence-electron chi connectivity index (χ1n) is 11.9. The number of hydrogen-bond donors (Lipinski definition) is 2. The highest BCUT2D eigenvalue weighted by Gasteiger charge is 2.67. The Morgan fingerprint density at radius 2 is 1.72 bits per heavy atom. The number of carbonyl (C=O) groups excluding carboxylic acids is 2. The van der Waals surface area contributed by atoms with Crippen molar-refractivity contribution >= 4 is 23.4 Å². The monoisotopic (exact) mass is 460 g/mol. The molecule has 0 aromatic heterocycles. The molecule has 1 saturated carbocycles. The Morgan fingerprint density at radius 1 is 1.09 bits per heavy atom. The molecule has 1 aliphatic carbocycles. The maximum Gasteiger partial charge on any atom is 0.248 e. The zero-order valence-electron chi connectivity index (χ0n) is 19.8. The third kappa shape index (κ3) is 4.42. The van der Waals surface area contributed by atoms with Gasteiger partial charge in [-0.3, -0.25) is 14.5 Å². The highest BCUT2D eigenvalue weighted by atomic mass is 35.5. The molecule has 1 aromatic carbocycles. The maximum atomic E-state index is 13.8. The van der Waals surface area contributed by atoms with Gasteiger partial charge in [-0.15, -0.1) is 0 Å². The molecule has 2 aliphatic heterocycles. The second kappa shape index (κ2) is 8.96. The van der Waals surface area contributed by atoms with Crippen LogP contribution in [0.15, 0.2) is 24.3 Å². The summed E-state index contributed by atoms with van der Waals surface area (Å²) >= 11 is 6.08. The third-order valence-corrected chi connectivity index (χ3v) is 8.40. The van der Waals surface area contributed by atoms with Crippen molar-refractivity contribution in [2.24, 2.45) is 17.3 Å². The molecule has 2 saturated heterocycles. The van der Waals surface area contributed by atoms with Gasteiger partial charge in [0.25, 0.3) is 0 Å². The van der Waals surface area contributed by atoms with Crippen LogP contribution >= 0.6 is 11.6 Å². The number of piperidine rings is 1. The van der Waals surface area contributed by atoms with E-state index in [1.54, 1.807) is 0 Å². The van der Waals surface area contributed by atoms with Crippen LogP contribution in [0.2, 0.25) is 5.02 Å². The highest BCUT2D eigenvalue weighted by Crippen LogP contribution is 2.52. The maximum absolute atomic E-state index is 13.8. The smallest absolute Gasteiger partial charge is 0.248 e. The summed E-state index contributed by atoms with van der Waals surface area (Å²) in [4.78, 5) is 30.8. The molecule has 0 bridgehead atoms. The van der Waals surface area contributed by atoms with Crippen molar-refractivity contribution < 1.29 is 9.59 Å². The van der Waals surface area contributed by atoms with Crippen LogP contribution in [0.3, 0.4) is 0 Å². The van der Waals surface area contributed by atoms with Crippen LogP contribution in [0.1, 0.15) is 45.6 Å². The summed E-state index contributed by atoms with van der Waals surface area (Å²) in [6.07, 6.45) is 0.911. The van der Waals surface area contributed by atoms with Gasteiger partial charge in [-0.25, -0.2) is 0 Å². The van der Waals surface area contributed by atoms with Gasteiger partial charge in [0, 0.05) is 44.3 Å². The molecule has 4 rings (SSSR count). The number of benzene rings is 1. The van der Waals surface area contributed by atoms with Crippen LogP contribution < -0.4 is 10.6 Å². The van der Waals surface area contributed by atoms with Crippen molar-refractivity contribution in [1.29, 1.82) is 0 Å². The molecule has 0 radical (unpaired) electrons. The lowest BCUT2D eigenvalue weighted by Crippen LogP contribution is -2.58. The van der Waals surface area contributed by atoms with E-state index < -0.39 is 5.54 Å². The predicted molar refractivity (Wildman–Crippen MR) is 128 cm³/mol. The van der Waals surface area contributed by atoms with Gasteiger partial charge in [-0.05, 0) is 47.3 Å². The molecular weight excluding hydrogens is 424 g/mol. The first-order chi connectivity index (χ1) is 15.1. The molecule has 2 N–H and O–H groups in total. The lowest BCUT2D eigenvalue weighted by atomic mass is 9.70. The normalized spacial score (nSPS) is 32.4. The van der Waals surface area contributed by atoms with Crippen molar-refractivity contribution in [2.45, 2.75) is 45.6 Å². The molecule has 32 heavy (non-hydrogen) atoms. The van der Waals surface area contributed by atoms with E-state index in [0.29, 0.717) is 25.6 Å². The Kier molecular flexibility index (Phi) is 6.59. The molecule has 3 fully saturated rings. The Hall–Kier alpha value is -1.63. The van der Waals surface area contributed by atoms with Gasteiger partial charge in [0.05, 0.1) is 6.54 Å². The topological polar surface area (TPSA) is 64.7 Å². The molecule has 176 valence electrons. The summed E-state index contributed by atoms with van der Waals surface area (Å²) in [6.45, 7) is 13.9. The fourth-order valence-corrected chi connectivity index (χ4v) is 6.02. The largest absolute Gasteiger partial charge is 0.340 e. The van der Waals surface area contributed by atoms with Crippen LogP contribution in [0.25, 0.3) is 0 Å². The number of nitrogens with one attached hydrogen (secondary N) is 2. The number of amides is 2. The molecule has 7 heteroatoms. The van der Waals surface area contributed by atoms with Crippen LogP contribution in [0, 0.1) is 17.3 Å². The van der Waals surface area contributed by atoms with Gasteiger partial charge in [0.2, 0.25) is 11.8 Å². The summed E-state index contributed by atoms with van der Waals surface area (Å²) in [7, 11) is 0.